The molecular formula is C16H24N4O3. The van der Waals surface area contributed by atoms with Gasteiger partial charge in [-0.05, 0) is 27.2 Å². The highest BCUT2D eigenvalue weighted by atomic mass is 16.5. The molecule has 1 fully saturated rings. The predicted octanol–water partition coefficient (Wildman–Crippen LogP) is 2.59. The lowest BCUT2D eigenvalue weighted by molar-refractivity contribution is 0.0415. The summed E-state index contributed by atoms with van der Waals surface area (Å²) in [6.07, 6.45) is 2.00. The Balaban J connectivity index is 1.54. The van der Waals surface area contributed by atoms with E-state index in [0.29, 0.717) is 12.5 Å². The number of likely N-dealkylation sites (tertiary alicyclic amines) is 1. The third-order valence-corrected chi connectivity index (χ3v) is 4.53. The lowest BCUT2D eigenvalue weighted by Crippen LogP contribution is -2.26. The van der Waals surface area contributed by atoms with E-state index in [9.17, 15) is 0 Å². The summed E-state index contributed by atoms with van der Waals surface area (Å²) in [6, 6.07) is 0.121. The van der Waals surface area contributed by atoms with Gasteiger partial charge in [0.2, 0.25) is 5.89 Å². The zero-order valence-corrected chi connectivity index (χ0v) is 14.2. The van der Waals surface area contributed by atoms with Gasteiger partial charge in [0, 0.05) is 25.1 Å². The van der Waals surface area contributed by atoms with Crippen LogP contribution < -0.4 is 0 Å². The zero-order chi connectivity index (χ0) is 16.4. The molecule has 23 heavy (non-hydrogen) atoms. The highest BCUT2D eigenvalue weighted by molar-refractivity contribution is 5.19. The summed E-state index contributed by atoms with van der Waals surface area (Å²) >= 11 is 0. The standard InChI is InChI=1S/C16H24N4O3/c1-5-15-17-16(23-19-15)11(3)20-7-6-13(8-20)21-9-14-10(2)18-22-12(14)4/h11,13H,5-9H2,1-4H3. The first kappa shape index (κ1) is 16.1. The first-order valence-electron chi connectivity index (χ1n) is 8.18. The number of hydrogen-bond acceptors (Lipinski definition) is 7. The summed E-state index contributed by atoms with van der Waals surface area (Å²) in [5, 5.41) is 7.94. The molecule has 0 spiro atoms. The fourth-order valence-corrected chi connectivity index (χ4v) is 2.89. The largest absolute Gasteiger partial charge is 0.372 e. The van der Waals surface area contributed by atoms with Gasteiger partial charge in [-0.25, -0.2) is 0 Å². The Morgan fingerprint density at radius 1 is 1.30 bits per heavy atom. The molecule has 0 N–H and O–H groups in total. The van der Waals surface area contributed by atoms with Gasteiger partial charge in [0.05, 0.1) is 24.4 Å². The molecule has 0 bridgehead atoms. The average Bonchev–Trinajstić information content (AvgIpc) is 3.26. The minimum absolute atomic E-state index is 0.121. The molecule has 2 aromatic rings. The maximum absolute atomic E-state index is 6.04. The Hall–Kier alpha value is -1.73. The number of aryl methyl sites for hydroxylation is 3. The van der Waals surface area contributed by atoms with Crippen LogP contribution >= 0.6 is 0 Å². The van der Waals surface area contributed by atoms with Gasteiger partial charge in [-0.3, -0.25) is 4.90 Å². The Morgan fingerprint density at radius 3 is 2.78 bits per heavy atom. The molecule has 7 nitrogen and oxygen atoms in total. The molecule has 3 heterocycles. The summed E-state index contributed by atoms with van der Waals surface area (Å²) in [5.41, 5.74) is 1.96. The first-order valence-corrected chi connectivity index (χ1v) is 8.18. The molecule has 0 aliphatic carbocycles. The molecular weight excluding hydrogens is 296 g/mol. The van der Waals surface area contributed by atoms with Crippen molar-refractivity contribution >= 4 is 0 Å². The number of aromatic nitrogens is 3. The van der Waals surface area contributed by atoms with Crippen molar-refractivity contribution in [3.63, 3.8) is 0 Å². The third-order valence-electron chi connectivity index (χ3n) is 4.53. The van der Waals surface area contributed by atoms with Gasteiger partial charge in [0.15, 0.2) is 5.82 Å². The van der Waals surface area contributed by atoms with Crippen LogP contribution in [-0.4, -0.2) is 39.4 Å². The second-order valence-electron chi connectivity index (χ2n) is 6.10. The van der Waals surface area contributed by atoms with Crippen LogP contribution in [0.3, 0.4) is 0 Å². The van der Waals surface area contributed by atoms with E-state index in [2.05, 4.69) is 27.1 Å². The van der Waals surface area contributed by atoms with Gasteiger partial charge in [0.1, 0.15) is 5.76 Å². The molecule has 3 rings (SSSR count). The molecule has 1 aliphatic heterocycles. The van der Waals surface area contributed by atoms with Crippen LogP contribution in [-0.2, 0) is 17.8 Å². The van der Waals surface area contributed by atoms with Crippen LogP contribution in [0.1, 0.15) is 55.0 Å². The van der Waals surface area contributed by atoms with E-state index < -0.39 is 0 Å². The quantitative estimate of drug-likeness (QED) is 0.809. The molecule has 0 amide bonds. The Morgan fingerprint density at radius 2 is 2.13 bits per heavy atom. The maximum atomic E-state index is 6.04. The molecule has 2 unspecified atom stereocenters. The number of rotatable bonds is 6. The van der Waals surface area contributed by atoms with Crippen molar-refractivity contribution < 1.29 is 13.8 Å². The molecule has 1 aliphatic rings. The number of hydrogen-bond donors (Lipinski definition) is 0. The number of nitrogens with zero attached hydrogens (tertiary/aromatic N) is 4. The third kappa shape index (κ3) is 3.45. The van der Waals surface area contributed by atoms with Crippen molar-refractivity contribution in [1.82, 2.24) is 20.2 Å². The van der Waals surface area contributed by atoms with Crippen molar-refractivity contribution in [3.05, 3.63) is 28.7 Å². The minimum atomic E-state index is 0.121. The van der Waals surface area contributed by atoms with Crippen LogP contribution in [0.2, 0.25) is 0 Å². The van der Waals surface area contributed by atoms with E-state index >= 15 is 0 Å². The summed E-state index contributed by atoms with van der Waals surface area (Å²) in [5.74, 6) is 2.29. The summed E-state index contributed by atoms with van der Waals surface area (Å²) in [6.45, 7) is 10.4. The second kappa shape index (κ2) is 6.80. The highest BCUT2D eigenvalue weighted by Crippen LogP contribution is 2.26. The SMILES string of the molecule is CCc1noc(C(C)N2CCC(OCc3c(C)noc3C)C2)n1. The summed E-state index contributed by atoms with van der Waals surface area (Å²) in [4.78, 5) is 6.75. The molecule has 0 aromatic carbocycles. The predicted molar refractivity (Wildman–Crippen MR) is 82.8 cm³/mol. The first-order chi connectivity index (χ1) is 11.1. The average molecular weight is 320 g/mol. The molecule has 126 valence electrons. The summed E-state index contributed by atoms with van der Waals surface area (Å²) < 4.78 is 16.6. The van der Waals surface area contributed by atoms with E-state index in [0.717, 1.165) is 48.8 Å². The molecule has 0 saturated carbocycles. The van der Waals surface area contributed by atoms with Crippen molar-refractivity contribution in [1.29, 1.82) is 0 Å². The van der Waals surface area contributed by atoms with Crippen molar-refractivity contribution in [2.45, 2.75) is 59.3 Å². The van der Waals surface area contributed by atoms with Crippen molar-refractivity contribution in [2.24, 2.45) is 0 Å². The molecule has 2 atom stereocenters. The van der Waals surface area contributed by atoms with E-state index in [-0.39, 0.29) is 12.1 Å². The minimum Gasteiger partial charge on any atom is -0.372 e. The van der Waals surface area contributed by atoms with Gasteiger partial charge < -0.3 is 13.8 Å². The van der Waals surface area contributed by atoms with Gasteiger partial charge in [-0.2, -0.15) is 4.98 Å². The Bertz CT molecular complexity index is 632. The lowest BCUT2D eigenvalue weighted by atomic mass is 10.2. The number of ether oxygens (including phenoxy) is 1. The fraction of sp³-hybridized carbons (Fsp3) is 0.688. The smallest absolute Gasteiger partial charge is 0.243 e. The zero-order valence-electron chi connectivity index (χ0n) is 14.2. The topological polar surface area (TPSA) is 77.4 Å². The lowest BCUT2D eigenvalue weighted by Gasteiger charge is -2.20. The van der Waals surface area contributed by atoms with Crippen LogP contribution in [0.25, 0.3) is 0 Å². The normalized spacial score (nSPS) is 20.3. The van der Waals surface area contributed by atoms with Crippen LogP contribution in [0.15, 0.2) is 9.05 Å². The Kier molecular flexibility index (Phi) is 4.77. The van der Waals surface area contributed by atoms with Crippen LogP contribution in [0, 0.1) is 13.8 Å². The van der Waals surface area contributed by atoms with E-state index in [1.54, 1.807) is 0 Å². The molecule has 0 radical (unpaired) electrons. The summed E-state index contributed by atoms with van der Waals surface area (Å²) in [7, 11) is 0. The van der Waals surface area contributed by atoms with E-state index in [1.807, 2.05) is 20.8 Å². The van der Waals surface area contributed by atoms with Gasteiger partial charge >= 0.3 is 0 Å². The molecule has 7 heteroatoms. The van der Waals surface area contributed by atoms with E-state index in [1.165, 1.54) is 0 Å². The Labute approximate surface area is 136 Å². The van der Waals surface area contributed by atoms with Crippen molar-refractivity contribution in [3.8, 4) is 0 Å². The van der Waals surface area contributed by atoms with Crippen molar-refractivity contribution in [2.75, 3.05) is 13.1 Å². The maximum Gasteiger partial charge on any atom is 0.243 e. The monoisotopic (exact) mass is 320 g/mol. The molecule has 2 aromatic heterocycles. The van der Waals surface area contributed by atoms with Gasteiger partial charge in [-0.1, -0.05) is 17.2 Å². The van der Waals surface area contributed by atoms with E-state index in [4.69, 9.17) is 13.8 Å². The molecule has 1 saturated heterocycles. The highest BCUT2D eigenvalue weighted by Gasteiger charge is 2.30. The second-order valence-corrected chi connectivity index (χ2v) is 6.10. The van der Waals surface area contributed by atoms with Crippen LogP contribution in [0.4, 0.5) is 0 Å². The van der Waals surface area contributed by atoms with Gasteiger partial charge in [-0.15, -0.1) is 0 Å². The van der Waals surface area contributed by atoms with Crippen LogP contribution in [0.5, 0.6) is 0 Å². The van der Waals surface area contributed by atoms with Gasteiger partial charge in [0.25, 0.3) is 0 Å². The fourth-order valence-electron chi connectivity index (χ4n) is 2.89.